The van der Waals surface area contributed by atoms with Gasteiger partial charge in [0, 0.05) is 6.92 Å². The molecule has 138 valence electrons. The molecule has 0 aliphatic carbocycles. The first-order valence-corrected chi connectivity index (χ1v) is 8.77. The number of carbonyl (C=O) groups is 2. The van der Waals surface area contributed by atoms with Gasteiger partial charge < -0.3 is 9.47 Å². The maximum atomic E-state index is 11.4. The molecule has 0 aromatic heterocycles. The normalized spacial score (nSPS) is 10.4. The second kappa shape index (κ2) is 16.5. The smallest absolute Gasteiger partial charge is 0.338 e. The van der Waals surface area contributed by atoms with Gasteiger partial charge in [-0.2, -0.15) is 0 Å². The maximum Gasteiger partial charge on any atom is 0.338 e. The third-order valence-corrected chi connectivity index (χ3v) is 2.92. The van der Waals surface area contributed by atoms with Crippen LogP contribution in [0.2, 0.25) is 0 Å². The van der Waals surface area contributed by atoms with Gasteiger partial charge in [0.2, 0.25) is 0 Å². The van der Waals surface area contributed by atoms with Crippen molar-refractivity contribution in [2.75, 3.05) is 13.2 Å². The number of allylic oxidation sites excluding steroid dienone is 2. The van der Waals surface area contributed by atoms with Gasteiger partial charge >= 0.3 is 11.9 Å². The zero-order valence-corrected chi connectivity index (χ0v) is 15.6. The summed E-state index contributed by atoms with van der Waals surface area (Å²) < 4.78 is 9.78. The lowest BCUT2D eigenvalue weighted by atomic mass is 10.2. The second-order valence-corrected chi connectivity index (χ2v) is 5.18. The lowest BCUT2D eigenvalue weighted by molar-refractivity contribution is -0.140. The largest absolute Gasteiger partial charge is 0.466 e. The van der Waals surface area contributed by atoms with Crippen LogP contribution in [0.4, 0.5) is 0 Å². The van der Waals surface area contributed by atoms with Crippen molar-refractivity contribution in [1.82, 2.24) is 0 Å². The highest BCUT2D eigenvalue weighted by Gasteiger charge is 2.03. The van der Waals surface area contributed by atoms with Gasteiger partial charge in [0.05, 0.1) is 18.8 Å². The zero-order valence-electron chi connectivity index (χ0n) is 15.6. The third kappa shape index (κ3) is 14.9. The van der Waals surface area contributed by atoms with Gasteiger partial charge in [0.25, 0.3) is 0 Å². The molecule has 0 fully saturated rings. The molecule has 0 unspecified atom stereocenters. The highest BCUT2D eigenvalue weighted by Crippen LogP contribution is 2.01. The van der Waals surface area contributed by atoms with Crippen molar-refractivity contribution in [2.45, 2.75) is 46.5 Å². The van der Waals surface area contributed by atoms with E-state index in [1.807, 2.05) is 30.4 Å². The van der Waals surface area contributed by atoms with Crippen molar-refractivity contribution in [2.24, 2.45) is 0 Å². The van der Waals surface area contributed by atoms with E-state index in [0.717, 1.165) is 25.7 Å². The molecule has 0 saturated heterocycles. The predicted molar refractivity (Wildman–Crippen MR) is 101 cm³/mol. The monoisotopic (exact) mass is 346 g/mol. The van der Waals surface area contributed by atoms with E-state index in [1.165, 1.54) is 6.92 Å². The Morgan fingerprint density at radius 2 is 1.36 bits per heavy atom. The first-order chi connectivity index (χ1) is 12.1. The van der Waals surface area contributed by atoms with Gasteiger partial charge in [-0.25, -0.2) is 4.79 Å². The second-order valence-electron chi connectivity index (χ2n) is 5.18. The van der Waals surface area contributed by atoms with E-state index >= 15 is 0 Å². The molecular weight excluding hydrogens is 316 g/mol. The van der Waals surface area contributed by atoms with E-state index in [9.17, 15) is 9.59 Å². The first-order valence-electron chi connectivity index (χ1n) is 8.77. The average Bonchev–Trinajstić information content (AvgIpc) is 2.62. The van der Waals surface area contributed by atoms with Crippen LogP contribution in [0.15, 0.2) is 54.6 Å². The van der Waals surface area contributed by atoms with Crippen LogP contribution < -0.4 is 0 Å². The molecule has 0 spiro atoms. The topological polar surface area (TPSA) is 52.6 Å². The molecule has 0 N–H and O–H groups in total. The molecule has 1 aromatic rings. The Morgan fingerprint density at radius 3 is 1.84 bits per heavy atom. The van der Waals surface area contributed by atoms with E-state index in [1.54, 1.807) is 12.1 Å². The summed E-state index contributed by atoms with van der Waals surface area (Å²) in [5.74, 6) is -0.453. The fourth-order valence-corrected chi connectivity index (χ4v) is 1.72. The van der Waals surface area contributed by atoms with Crippen LogP contribution >= 0.6 is 0 Å². The molecule has 4 nitrogen and oxygen atoms in total. The number of hydrogen-bond donors (Lipinski definition) is 0. The highest BCUT2D eigenvalue weighted by molar-refractivity contribution is 5.89. The summed E-state index contributed by atoms with van der Waals surface area (Å²) in [6.07, 6.45) is 11.8. The van der Waals surface area contributed by atoms with Gasteiger partial charge in [0.1, 0.15) is 0 Å². The maximum absolute atomic E-state index is 11.4. The predicted octanol–water partition coefficient (Wildman–Crippen LogP) is 5.11. The van der Waals surface area contributed by atoms with Crippen molar-refractivity contribution < 1.29 is 19.1 Å². The van der Waals surface area contributed by atoms with Crippen LogP contribution in [0.25, 0.3) is 0 Å². The lowest BCUT2D eigenvalue weighted by Gasteiger charge is -2.02. The molecule has 4 heteroatoms. The quantitative estimate of drug-likeness (QED) is 0.354. The fraction of sp³-hybridized carbons (Fsp3) is 0.429. The molecular formula is C21H30O4. The molecule has 0 saturated carbocycles. The van der Waals surface area contributed by atoms with Gasteiger partial charge in [-0.3, -0.25) is 4.79 Å². The van der Waals surface area contributed by atoms with Crippen LogP contribution in [-0.2, 0) is 14.3 Å². The number of benzene rings is 1. The van der Waals surface area contributed by atoms with Crippen LogP contribution in [0.5, 0.6) is 0 Å². The summed E-state index contributed by atoms with van der Waals surface area (Å²) in [5, 5.41) is 0. The fourth-order valence-electron chi connectivity index (χ4n) is 1.72. The minimum Gasteiger partial charge on any atom is -0.466 e. The van der Waals surface area contributed by atoms with E-state index in [-0.39, 0.29) is 11.9 Å². The number of ether oxygens (including phenoxy) is 2. The van der Waals surface area contributed by atoms with E-state index in [4.69, 9.17) is 9.47 Å². The van der Waals surface area contributed by atoms with Crippen LogP contribution in [0.3, 0.4) is 0 Å². The number of rotatable bonds is 9. The summed E-state index contributed by atoms with van der Waals surface area (Å²) in [4.78, 5) is 21.7. The Labute approximate surface area is 151 Å². The number of carbonyl (C=O) groups excluding carboxylic acids is 2. The summed E-state index contributed by atoms with van der Waals surface area (Å²) in [7, 11) is 0. The minimum absolute atomic E-state index is 0.204. The standard InChI is InChI=1S/C13H16O2.C8H14O2/c1-2-3-4-8-11-15-13(14)12-9-6-5-7-10-12;1-3-4-5-6-7-10-8(2)9/h3-7,9-10H,2,8,11H2,1H3;4-5H,3,6-7H2,1-2H3/b4-3-;5-4-. The molecule has 0 aliphatic rings. The van der Waals surface area contributed by atoms with Crippen LogP contribution in [0.1, 0.15) is 56.8 Å². The van der Waals surface area contributed by atoms with Crippen molar-refractivity contribution in [3.63, 3.8) is 0 Å². The Balaban J connectivity index is 0.000000504. The van der Waals surface area contributed by atoms with Crippen LogP contribution in [0, 0.1) is 0 Å². The van der Waals surface area contributed by atoms with Gasteiger partial charge in [0.15, 0.2) is 0 Å². The van der Waals surface area contributed by atoms with Crippen molar-refractivity contribution in [1.29, 1.82) is 0 Å². The molecule has 0 atom stereocenters. The van der Waals surface area contributed by atoms with E-state index in [0.29, 0.717) is 18.8 Å². The summed E-state index contributed by atoms with van der Waals surface area (Å²) in [6.45, 7) is 6.52. The van der Waals surface area contributed by atoms with E-state index < -0.39 is 0 Å². The molecule has 0 bridgehead atoms. The van der Waals surface area contributed by atoms with Gasteiger partial charge in [-0.05, 0) is 37.8 Å². The zero-order chi connectivity index (χ0) is 18.8. The van der Waals surface area contributed by atoms with Crippen LogP contribution in [-0.4, -0.2) is 25.2 Å². The molecule has 25 heavy (non-hydrogen) atoms. The Kier molecular flexibility index (Phi) is 14.9. The van der Waals surface area contributed by atoms with Gasteiger partial charge in [-0.1, -0.05) is 56.4 Å². The SMILES string of the molecule is CC/C=C\CCOC(=O)c1ccccc1.CC/C=C\CCOC(C)=O. The highest BCUT2D eigenvalue weighted by atomic mass is 16.5. The Hall–Kier alpha value is -2.36. The molecule has 0 heterocycles. The van der Waals surface area contributed by atoms with E-state index in [2.05, 4.69) is 26.0 Å². The van der Waals surface area contributed by atoms with Crippen molar-refractivity contribution >= 4 is 11.9 Å². The third-order valence-electron chi connectivity index (χ3n) is 2.92. The molecule has 0 aliphatic heterocycles. The van der Waals surface area contributed by atoms with Crippen molar-refractivity contribution in [3.05, 3.63) is 60.2 Å². The number of esters is 2. The Morgan fingerprint density at radius 1 is 0.840 bits per heavy atom. The van der Waals surface area contributed by atoms with Gasteiger partial charge in [-0.15, -0.1) is 0 Å². The molecule has 0 radical (unpaired) electrons. The average molecular weight is 346 g/mol. The Bertz CT molecular complexity index is 518. The summed E-state index contributed by atoms with van der Waals surface area (Å²) >= 11 is 0. The summed E-state index contributed by atoms with van der Waals surface area (Å²) in [6, 6.07) is 9.04. The molecule has 0 amide bonds. The molecule has 1 rings (SSSR count). The molecule has 1 aromatic carbocycles. The first kappa shape index (κ1) is 22.6. The minimum atomic E-state index is -0.250. The number of hydrogen-bond acceptors (Lipinski definition) is 4. The lowest BCUT2D eigenvalue weighted by Crippen LogP contribution is -2.05. The van der Waals surface area contributed by atoms with Crippen molar-refractivity contribution in [3.8, 4) is 0 Å². The summed E-state index contributed by atoms with van der Waals surface area (Å²) in [5.41, 5.74) is 0.608.